The van der Waals surface area contributed by atoms with Crippen molar-refractivity contribution in [3.05, 3.63) is 88.2 Å². The molecule has 1 heterocycles. The molecule has 1 amide bonds. The van der Waals surface area contributed by atoms with Crippen LogP contribution in [0.4, 0.5) is 0 Å². The second-order valence-electron chi connectivity index (χ2n) is 8.05. The number of aryl methyl sites for hydroxylation is 1. The molecule has 0 spiro atoms. The predicted octanol–water partition coefficient (Wildman–Crippen LogP) is 4.37. The number of ether oxygens (including phenoxy) is 2. The van der Waals surface area contributed by atoms with Crippen molar-refractivity contribution in [2.24, 2.45) is 7.05 Å². The van der Waals surface area contributed by atoms with Crippen LogP contribution in [-0.4, -0.2) is 35.4 Å². The van der Waals surface area contributed by atoms with Crippen molar-refractivity contribution in [1.82, 2.24) is 15.1 Å². The zero-order chi connectivity index (χ0) is 24.8. The average Bonchev–Trinajstić information content (AvgIpc) is 2.88. The smallest absolute Gasteiger partial charge is 0.274 e. The van der Waals surface area contributed by atoms with Gasteiger partial charge in [0.1, 0.15) is 0 Å². The minimum Gasteiger partial charge on any atom is -0.490 e. The van der Waals surface area contributed by atoms with E-state index in [1.807, 2.05) is 62.4 Å². The van der Waals surface area contributed by atoms with Gasteiger partial charge in [-0.1, -0.05) is 36.4 Å². The van der Waals surface area contributed by atoms with Gasteiger partial charge in [-0.2, -0.15) is 5.10 Å². The van der Waals surface area contributed by atoms with Crippen molar-refractivity contribution in [3.8, 4) is 22.8 Å². The first-order valence-corrected chi connectivity index (χ1v) is 11.7. The highest BCUT2D eigenvalue weighted by Crippen LogP contribution is 2.29. The molecule has 0 saturated carbocycles. The molecule has 0 unspecified atom stereocenters. The molecule has 1 aromatic heterocycles. The number of hydrogen-bond donors (Lipinski definition) is 1. The molecule has 0 aliphatic heterocycles. The molecule has 180 valence electrons. The van der Waals surface area contributed by atoms with Gasteiger partial charge in [-0.25, -0.2) is 4.68 Å². The normalized spacial score (nSPS) is 10.8. The second-order valence-corrected chi connectivity index (χ2v) is 8.05. The van der Waals surface area contributed by atoms with E-state index in [-0.39, 0.29) is 11.5 Å². The molecule has 4 rings (SSSR count). The number of benzene rings is 3. The summed E-state index contributed by atoms with van der Waals surface area (Å²) in [4.78, 5) is 25.1. The maximum Gasteiger partial charge on any atom is 0.274 e. The molecule has 0 aliphatic rings. The van der Waals surface area contributed by atoms with Crippen LogP contribution in [0.3, 0.4) is 0 Å². The van der Waals surface area contributed by atoms with Gasteiger partial charge in [-0.3, -0.25) is 9.59 Å². The van der Waals surface area contributed by atoms with E-state index in [1.165, 1.54) is 4.68 Å². The summed E-state index contributed by atoms with van der Waals surface area (Å²) in [5.74, 6) is 1.29. The van der Waals surface area contributed by atoms with Crippen molar-refractivity contribution in [3.63, 3.8) is 0 Å². The molecule has 4 aromatic rings. The SMILES string of the molecule is CCOc1ccc(CCNC(=O)c2ccc(-c3nn(C)c(=O)c4ccccc34)cc2)cc1OCC. The Balaban J connectivity index is 1.43. The first-order chi connectivity index (χ1) is 17.0. The Morgan fingerprint density at radius 1 is 0.914 bits per heavy atom. The summed E-state index contributed by atoms with van der Waals surface area (Å²) in [7, 11) is 1.64. The maximum absolute atomic E-state index is 12.7. The number of carbonyl (C=O) groups excluding carboxylic acids is 1. The van der Waals surface area contributed by atoms with E-state index >= 15 is 0 Å². The Hall–Kier alpha value is -4.13. The highest BCUT2D eigenvalue weighted by molar-refractivity contribution is 5.96. The zero-order valence-electron chi connectivity index (χ0n) is 20.2. The molecule has 7 heteroatoms. The summed E-state index contributed by atoms with van der Waals surface area (Å²) in [6.07, 6.45) is 0.671. The molecule has 7 nitrogen and oxygen atoms in total. The third-order valence-electron chi connectivity index (χ3n) is 5.68. The molecular weight excluding hydrogens is 442 g/mol. The Morgan fingerprint density at radius 3 is 2.31 bits per heavy atom. The van der Waals surface area contributed by atoms with E-state index in [0.717, 1.165) is 22.3 Å². The summed E-state index contributed by atoms with van der Waals surface area (Å²) in [5, 5.41) is 8.82. The van der Waals surface area contributed by atoms with Crippen LogP contribution in [-0.2, 0) is 13.5 Å². The number of fused-ring (bicyclic) bond motifs is 1. The number of nitrogens with zero attached hydrogens (tertiary/aromatic N) is 2. The first-order valence-electron chi connectivity index (χ1n) is 11.7. The van der Waals surface area contributed by atoms with Crippen molar-refractivity contribution < 1.29 is 14.3 Å². The van der Waals surface area contributed by atoms with Crippen LogP contribution in [0.5, 0.6) is 11.5 Å². The van der Waals surface area contributed by atoms with Gasteiger partial charge in [0.05, 0.1) is 24.3 Å². The predicted molar refractivity (Wildman–Crippen MR) is 137 cm³/mol. The number of rotatable bonds is 9. The third kappa shape index (κ3) is 5.35. The largest absolute Gasteiger partial charge is 0.490 e. The van der Waals surface area contributed by atoms with Crippen LogP contribution in [0, 0.1) is 0 Å². The van der Waals surface area contributed by atoms with Crippen LogP contribution in [0.25, 0.3) is 22.0 Å². The fraction of sp³-hybridized carbons (Fsp3) is 0.250. The minimum absolute atomic E-state index is 0.138. The lowest BCUT2D eigenvalue weighted by Crippen LogP contribution is -2.25. The highest BCUT2D eigenvalue weighted by Gasteiger charge is 2.12. The van der Waals surface area contributed by atoms with Gasteiger partial charge in [0, 0.05) is 30.1 Å². The lowest BCUT2D eigenvalue weighted by atomic mass is 10.0. The third-order valence-corrected chi connectivity index (χ3v) is 5.68. The summed E-state index contributed by atoms with van der Waals surface area (Å²) in [5.41, 5.74) is 3.02. The van der Waals surface area contributed by atoms with E-state index in [0.29, 0.717) is 48.6 Å². The molecule has 0 saturated heterocycles. The molecule has 0 atom stereocenters. The summed E-state index contributed by atoms with van der Waals surface area (Å²) < 4.78 is 12.6. The van der Waals surface area contributed by atoms with Crippen LogP contribution in [0.15, 0.2) is 71.5 Å². The molecule has 35 heavy (non-hydrogen) atoms. The Bertz CT molecular complexity index is 1390. The van der Waals surface area contributed by atoms with E-state index in [1.54, 1.807) is 25.2 Å². The van der Waals surface area contributed by atoms with Crippen LogP contribution >= 0.6 is 0 Å². The molecule has 0 bridgehead atoms. The zero-order valence-corrected chi connectivity index (χ0v) is 20.2. The van der Waals surface area contributed by atoms with Crippen molar-refractivity contribution in [2.75, 3.05) is 19.8 Å². The fourth-order valence-corrected chi connectivity index (χ4v) is 3.97. The van der Waals surface area contributed by atoms with E-state index in [9.17, 15) is 9.59 Å². The average molecular weight is 472 g/mol. The van der Waals surface area contributed by atoms with Gasteiger partial charge in [0.15, 0.2) is 11.5 Å². The summed E-state index contributed by atoms with van der Waals surface area (Å²) in [6, 6.07) is 20.5. The van der Waals surface area contributed by atoms with Crippen molar-refractivity contribution >= 4 is 16.7 Å². The lowest BCUT2D eigenvalue weighted by molar-refractivity contribution is 0.0954. The minimum atomic E-state index is -0.147. The first kappa shape index (κ1) is 24.0. The van der Waals surface area contributed by atoms with Crippen molar-refractivity contribution in [2.45, 2.75) is 20.3 Å². The van der Waals surface area contributed by atoms with Gasteiger partial charge in [0.25, 0.3) is 11.5 Å². The number of amides is 1. The molecule has 0 aliphatic carbocycles. The van der Waals surface area contributed by atoms with Crippen LogP contribution in [0.2, 0.25) is 0 Å². The standard InChI is InChI=1S/C28H29N3O4/c1-4-34-24-15-10-19(18-25(24)35-5-2)16-17-29-27(32)21-13-11-20(12-14-21)26-22-8-6-7-9-23(22)28(33)31(3)30-26/h6-15,18H,4-5,16-17H2,1-3H3,(H,29,32). The number of carbonyl (C=O) groups is 1. The molecular formula is C28H29N3O4. The number of hydrogen-bond acceptors (Lipinski definition) is 5. The Labute approximate surface area is 204 Å². The van der Waals surface area contributed by atoms with Crippen LogP contribution in [0.1, 0.15) is 29.8 Å². The Morgan fingerprint density at radius 2 is 1.60 bits per heavy atom. The second kappa shape index (κ2) is 10.9. The quantitative estimate of drug-likeness (QED) is 0.392. The maximum atomic E-state index is 12.7. The topological polar surface area (TPSA) is 82.5 Å². The fourth-order valence-electron chi connectivity index (χ4n) is 3.97. The Kier molecular flexibility index (Phi) is 7.45. The molecule has 0 fully saturated rings. The summed E-state index contributed by atoms with van der Waals surface area (Å²) in [6.45, 7) is 5.49. The molecule has 0 radical (unpaired) electrons. The summed E-state index contributed by atoms with van der Waals surface area (Å²) >= 11 is 0. The highest BCUT2D eigenvalue weighted by atomic mass is 16.5. The van der Waals surface area contributed by atoms with Gasteiger partial charge in [-0.15, -0.1) is 0 Å². The lowest BCUT2D eigenvalue weighted by Gasteiger charge is -2.13. The van der Waals surface area contributed by atoms with E-state index in [2.05, 4.69) is 10.4 Å². The van der Waals surface area contributed by atoms with Gasteiger partial charge in [-0.05, 0) is 56.2 Å². The van der Waals surface area contributed by atoms with E-state index < -0.39 is 0 Å². The van der Waals surface area contributed by atoms with Crippen LogP contribution < -0.4 is 20.3 Å². The monoisotopic (exact) mass is 471 g/mol. The number of aromatic nitrogens is 2. The molecule has 1 N–H and O–H groups in total. The van der Waals surface area contributed by atoms with Crippen molar-refractivity contribution in [1.29, 1.82) is 0 Å². The van der Waals surface area contributed by atoms with Gasteiger partial charge < -0.3 is 14.8 Å². The molecule has 3 aromatic carbocycles. The van der Waals surface area contributed by atoms with E-state index in [4.69, 9.17) is 9.47 Å². The number of nitrogens with one attached hydrogen (secondary N) is 1. The van der Waals surface area contributed by atoms with Gasteiger partial charge >= 0.3 is 0 Å². The van der Waals surface area contributed by atoms with Gasteiger partial charge in [0.2, 0.25) is 0 Å².